The van der Waals surface area contributed by atoms with Gasteiger partial charge >= 0.3 is 0 Å². The fraction of sp³-hybridized carbons (Fsp3) is 0.278. The van der Waals surface area contributed by atoms with Gasteiger partial charge in [0.1, 0.15) is 0 Å². The number of halogens is 1. The van der Waals surface area contributed by atoms with E-state index in [4.69, 9.17) is 4.99 Å². The van der Waals surface area contributed by atoms with E-state index in [0.29, 0.717) is 5.25 Å². The summed E-state index contributed by atoms with van der Waals surface area (Å²) in [6, 6.07) is 21.3. The maximum atomic E-state index is 4.78. The molecule has 1 heterocycles. The molecule has 2 aromatic rings. The van der Waals surface area contributed by atoms with Crippen LogP contribution in [0.3, 0.4) is 0 Å². The van der Waals surface area contributed by atoms with Crippen molar-refractivity contribution in [3.63, 3.8) is 0 Å². The molecule has 4 heteroatoms. The van der Waals surface area contributed by atoms with Gasteiger partial charge in [0.05, 0.1) is 6.54 Å². The van der Waals surface area contributed by atoms with E-state index in [2.05, 4.69) is 88.2 Å². The molecule has 3 rings (SSSR count). The Kier molecular flexibility index (Phi) is 5.78. The zero-order valence-electron chi connectivity index (χ0n) is 12.4. The Morgan fingerprint density at radius 1 is 0.955 bits per heavy atom. The van der Waals surface area contributed by atoms with Gasteiger partial charge in [-0.05, 0) is 11.1 Å². The van der Waals surface area contributed by atoms with Crippen LogP contribution in [0.1, 0.15) is 11.1 Å². The molecule has 0 amide bonds. The van der Waals surface area contributed by atoms with Gasteiger partial charge in [-0.1, -0.05) is 95.0 Å². The lowest BCUT2D eigenvalue weighted by Crippen LogP contribution is -2.27. The second-order valence-corrected chi connectivity index (χ2v) is 7.49. The molecule has 0 radical (unpaired) electrons. The summed E-state index contributed by atoms with van der Waals surface area (Å²) in [6.45, 7) is 2.77. The molecule has 0 aliphatic carbocycles. The van der Waals surface area contributed by atoms with E-state index in [1.807, 2.05) is 11.8 Å². The van der Waals surface area contributed by atoms with Gasteiger partial charge in [0.2, 0.25) is 0 Å². The molecule has 0 unspecified atom stereocenters. The predicted octanol–water partition coefficient (Wildman–Crippen LogP) is 4.60. The molecule has 0 aromatic heterocycles. The highest BCUT2D eigenvalue weighted by atomic mass is 127. The van der Waals surface area contributed by atoms with Gasteiger partial charge in [-0.3, -0.25) is 4.99 Å². The average molecular weight is 422 g/mol. The number of hydrogen-bond acceptors (Lipinski definition) is 3. The van der Waals surface area contributed by atoms with E-state index in [1.165, 1.54) is 16.3 Å². The van der Waals surface area contributed by atoms with Crippen molar-refractivity contribution in [2.24, 2.45) is 4.99 Å². The zero-order chi connectivity index (χ0) is 15.2. The minimum Gasteiger partial charge on any atom is -0.343 e. The molecule has 1 aliphatic heterocycles. The summed E-state index contributed by atoms with van der Waals surface area (Å²) in [5.74, 6) is 0. The monoisotopic (exact) mass is 422 g/mol. The molecule has 0 N–H and O–H groups in total. The maximum Gasteiger partial charge on any atom is 0.160 e. The summed E-state index contributed by atoms with van der Waals surface area (Å²) in [7, 11) is 0. The number of nitrogens with zero attached hydrogens (tertiary/aromatic N) is 2. The standard InChI is InChI=1S/C18H19IN2S/c19-11-17-12-20-18(22-17)21(13-15-7-3-1-4-8-15)14-16-9-5-2-6-10-16/h1-10,17H,11-14H2/t17-/m0/s1. The number of hydrogen-bond donors (Lipinski definition) is 0. The van der Waals surface area contributed by atoms with Crippen molar-refractivity contribution in [1.82, 2.24) is 4.90 Å². The summed E-state index contributed by atoms with van der Waals surface area (Å²) >= 11 is 4.38. The highest BCUT2D eigenvalue weighted by Crippen LogP contribution is 2.27. The van der Waals surface area contributed by atoms with Crippen LogP contribution in [0.2, 0.25) is 0 Å². The second kappa shape index (κ2) is 8.02. The third kappa shape index (κ3) is 4.26. The SMILES string of the molecule is IC[C@H]1CN=C(N(Cc2ccccc2)Cc2ccccc2)S1. The van der Waals surface area contributed by atoms with E-state index in [1.54, 1.807) is 0 Å². The lowest BCUT2D eigenvalue weighted by atomic mass is 10.2. The van der Waals surface area contributed by atoms with Crippen LogP contribution >= 0.6 is 34.4 Å². The Balaban J connectivity index is 1.76. The number of rotatable bonds is 5. The van der Waals surface area contributed by atoms with Crippen LogP contribution in [0, 0.1) is 0 Å². The molecule has 0 bridgehead atoms. The second-order valence-electron chi connectivity index (χ2n) is 5.34. The van der Waals surface area contributed by atoms with E-state index < -0.39 is 0 Å². The summed E-state index contributed by atoms with van der Waals surface area (Å²) in [5.41, 5.74) is 2.67. The van der Waals surface area contributed by atoms with Gasteiger partial charge < -0.3 is 4.90 Å². The Bertz CT molecular complexity index is 574. The first-order valence-corrected chi connectivity index (χ1v) is 9.85. The number of amidine groups is 1. The molecule has 0 spiro atoms. The number of thioether (sulfide) groups is 1. The average Bonchev–Trinajstić information content (AvgIpc) is 3.05. The summed E-state index contributed by atoms with van der Waals surface area (Å²) < 4.78 is 1.15. The van der Waals surface area contributed by atoms with Crippen molar-refractivity contribution < 1.29 is 0 Å². The van der Waals surface area contributed by atoms with Crippen molar-refractivity contribution in [2.45, 2.75) is 18.3 Å². The molecule has 2 nitrogen and oxygen atoms in total. The van der Waals surface area contributed by atoms with Gasteiger partial charge in [0.25, 0.3) is 0 Å². The number of benzene rings is 2. The minimum atomic E-state index is 0.629. The predicted molar refractivity (Wildman–Crippen MR) is 105 cm³/mol. The van der Waals surface area contributed by atoms with Crippen LogP contribution in [-0.4, -0.2) is 26.3 Å². The van der Waals surface area contributed by atoms with E-state index in [0.717, 1.165) is 24.1 Å². The minimum absolute atomic E-state index is 0.629. The Morgan fingerprint density at radius 3 is 1.95 bits per heavy atom. The molecular formula is C18H19IN2S. The molecule has 0 fully saturated rings. The van der Waals surface area contributed by atoms with Crippen molar-refractivity contribution in [1.29, 1.82) is 0 Å². The highest BCUT2D eigenvalue weighted by Gasteiger charge is 2.23. The van der Waals surface area contributed by atoms with Gasteiger partial charge in [0, 0.05) is 22.8 Å². The number of aliphatic imine (C=N–C) groups is 1. The van der Waals surface area contributed by atoms with E-state index >= 15 is 0 Å². The fourth-order valence-corrected chi connectivity index (χ4v) is 4.21. The maximum absolute atomic E-state index is 4.78. The molecule has 0 saturated carbocycles. The Labute approximate surface area is 150 Å². The normalized spacial score (nSPS) is 17.3. The summed E-state index contributed by atoms with van der Waals surface area (Å²) in [4.78, 5) is 7.19. The lowest BCUT2D eigenvalue weighted by molar-refractivity contribution is 0.414. The molecule has 0 saturated heterocycles. The molecule has 1 aliphatic rings. The molecule has 2 aromatic carbocycles. The fourth-order valence-electron chi connectivity index (χ4n) is 2.46. The van der Waals surface area contributed by atoms with Gasteiger partial charge in [-0.25, -0.2) is 0 Å². The van der Waals surface area contributed by atoms with Crippen LogP contribution in [0.25, 0.3) is 0 Å². The van der Waals surface area contributed by atoms with E-state index in [-0.39, 0.29) is 0 Å². The Morgan fingerprint density at radius 2 is 1.50 bits per heavy atom. The van der Waals surface area contributed by atoms with Crippen LogP contribution in [0.15, 0.2) is 65.7 Å². The zero-order valence-corrected chi connectivity index (χ0v) is 15.3. The molecule has 22 heavy (non-hydrogen) atoms. The molecule has 1 atom stereocenters. The summed E-state index contributed by atoms with van der Waals surface area (Å²) in [6.07, 6.45) is 0. The first-order valence-electron chi connectivity index (χ1n) is 7.45. The van der Waals surface area contributed by atoms with Crippen LogP contribution in [0.5, 0.6) is 0 Å². The smallest absolute Gasteiger partial charge is 0.160 e. The van der Waals surface area contributed by atoms with Crippen molar-refractivity contribution in [2.75, 3.05) is 11.0 Å². The lowest BCUT2D eigenvalue weighted by Gasteiger charge is -2.24. The third-order valence-electron chi connectivity index (χ3n) is 3.58. The molecular weight excluding hydrogens is 403 g/mol. The molecule has 114 valence electrons. The topological polar surface area (TPSA) is 15.6 Å². The van der Waals surface area contributed by atoms with Gasteiger partial charge in [-0.15, -0.1) is 0 Å². The largest absolute Gasteiger partial charge is 0.343 e. The van der Waals surface area contributed by atoms with Gasteiger partial charge in [-0.2, -0.15) is 0 Å². The van der Waals surface area contributed by atoms with Crippen molar-refractivity contribution in [3.05, 3.63) is 71.8 Å². The first-order chi connectivity index (χ1) is 10.8. The number of alkyl halides is 1. The Hall–Kier alpha value is -1.01. The quantitative estimate of drug-likeness (QED) is 0.517. The van der Waals surface area contributed by atoms with Crippen molar-refractivity contribution in [3.8, 4) is 0 Å². The van der Waals surface area contributed by atoms with Crippen molar-refractivity contribution >= 4 is 39.5 Å². The highest BCUT2D eigenvalue weighted by molar-refractivity contribution is 14.1. The third-order valence-corrected chi connectivity index (χ3v) is 6.49. The van der Waals surface area contributed by atoms with Gasteiger partial charge in [0.15, 0.2) is 5.17 Å². The van der Waals surface area contributed by atoms with E-state index in [9.17, 15) is 0 Å². The van der Waals surface area contributed by atoms with Crippen LogP contribution in [0.4, 0.5) is 0 Å². The first kappa shape index (κ1) is 15.9. The van der Waals surface area contributed by atoms with Crippen LogP contribution in [-0.2, 0) is 13.1 Å². The van der Waals surface area contributed by atoms with Crippen LogP contribution < -0.4 is 0 Å². The summed E-state index contributed by atoms with van der Waals surface area (Å²) in [5, 5.41) is 1.82.